The lowest BCUT2D eigenvalue weighted by Gasteiger charge is -2.25. The standard InChI is InChI=1S/C30H27ClN2O4/c1-5-37-25-15-19(11-13-23(25)31)28(34)26-27(22-16-32(4)24-9-7-6-8-21(22)24)33(30(36)29(26)35)20-12-10-17(2)18(3)14-20/h6-16,27,34H,5H2,1-4H3/b28-26+. The zero-order valence-corrected chi connectivity index (χ0v) is 21.8. The molecular formula is C30H27ClN2O4. The number of aliphatic hydroxyl groups is 1. The van der Waals surface area contributed by atoms with Gasteiger partial charge in [0.25, 0.3) is 11.7 Å². The Hall–Kier alpha value is -4.03. The van der Waals surface area contributed by atoms with E-state index in [0.29, 0.717) is 28.6 Å². The molecule has 1 N–H and O–H groups in total. The molecule has 3 aromatic carbocycles. The second-order valence-electron chi connectivity index (χ2n) is 9.23. The Balaban J connectivity index is 1.79. The maximum absolute atomic E-state index is 13.6. The van der Waals surface area contributed by atoms with E-state index < -0.39 is 17.7 Å². The summed E-state index contributed by atoms with van der Waals surface area (Å²) in [6.07, 6.45) is 1.91. The lowest BCUT2D eigenvalue weighted by atomic mass is 9.94. The van der Waals surface area contributed by atoms with Gasteiger partial charge in [-0.3, -0.25) is 14.5 Å². The molecule has 1 amide bonds. The summed E-state index contributed by atoms with van der Waals surface area (Å²) in [7, 11) is 1.92. The fraction of sp³-hybridized carbons (Fsp3) is 0.200. The molecule has 7 heteroatoms. The van der Waals surface area contributed by atoms with Crippen molar-refractivity contribution < 1.29 is 19.4 Å². The number of ketones is 1. The number of benzene rings is 3. The van der Waals surface area contributed by atoms with E-state index in [1.54, 1.807) is 18.2 Å². The van der Waals surface area contributed by atoms with E-state index in [-0.39, 0.29) is 11.3 Å². The van der Waals surface area contributed by atoms with Crippen molar-refractivity contribution >= 4 is 45.6 Å². The van der Waals surface area contributed by atoms with E-state index in [2.05, 4.69) is 0 Å². The average molecular weight is 515 g/mol. The number of fused-ring (bicyclic) bond motifs is 1. The number of ether oxygens (including phenoxy) is 1. The molecule has 0 radical (unpaired) electrons. The van der Waals surface area contributed by atoms with Crippen molar-refractivity contribution in [3.63, 3.8) is 0 Å². The van der Waals surface area contributed by atoms with Crippen LogP contribution in [0, 0.1) is 13.8 Å². The highest BCUT2D eigenvalue weighted by Crippen LogP contribution is 2.45. The van der Waals surface area contributed by atoms with Crippen molar-refractivity contribution in [1.29, 1.82) is 0 Å². The van der Waals surface area contributed by atoms with Crippen LogP contribution in [0.25, 0.3) is 16.7 Å². The number of carbonyl (C=O) groups excluding carboxylic acids is 2. The van der Waals surface area contributed by atoms with Crippen molar-refractivity contribution in [2.75, 3.05) is 11.5 Å². The third-order valence-corrected chi connectivity index (χ3v) is 7.25. The number of aryl methyl sites for hydroxylation is 3. The minimum absolute atomic E-state index is 0.0179. The van der Waals surface area contributed by atoms with Crippen molar-refractivity contribution in [3.8, 4) is 5.75 Å². The number of halogens is 1. The first-order valence-corrected chi connectivity index (χ1v) is 12.5. The van der Waals surface area contributed by atoms with Gasteiger partial charge in [-0.1, -0.05) is 35.9 Å². The summed E-state index contributed by atoms with van der Waals surface area (Å²) in [6, 6.07) is 17.4. The van der Waals surface area contributed by atoms with Crippen molar-refractivity contribution in [2.45, 2.75) is 26.8 Å². The number of Topliss-reactive ketones (excluding diaryl/α,β-unsaturated/α-hetero) is 1. The van der Waals surface area contributed by atoms with Crippen LogP contribution in [0.3, 0.4) is 0 Å². The summed E-state index contributed by atoms with van der Waals surface area (Å²) < 4.78 is 7.55. The number of carbonyl (C=O) groups is 2. The topological polar surface area (TPSA) is 71.8 Å². The molecule has 0 bridgehead atoms. The molecule has 1 saturated heterocycles. The number of para-hydroxylation sites is 1. The van der Waals surface area contributed by atoms with Gasteiger partial charge in [0.1, 0.15) is 11.5 Å². The number of amides is 1. The van der Waals surface area contributed by atoms with E-state index in [9.17, 15) is 14.7 Å². The molecule has 1 aliphatic rings. The minimum atomic E-state index is -0.834. The summed E-state index contributed by atoms with van der Waals surface area (Å²) >= 11 is 6.26. The van der Waals surface area contributed by atoms with E-state index in [1.165, 1.54) is 4.90 Å². The monoisotopic (exact) mass is 514 g/mol. The molecule has 1 fully saturated rings. The van der Waals surface area contributed by atoms with Gasteiger partial charge in [0.05, 0.1) is 23.2 Å². The van der Waals surface area contributed by atoms with Gasteiger partial charge in [-0.2, -0.15) is 0 Å². The Morgan fingerprint density at radius 2 is 1.78 bits per heavy atom. The second kappa shape index (κ2) is 9.45. The van der Waals surface area contributed by atoms with Gasteiger partial charge < -0.3 is 14.4 Å². The molecule has 5 rings (SSSR count). The average Bonchev–Trinajstić information content (AvgIpc) is 3.35. The predicted octanol–water partition coefficient (Wildman–Crippen LogP) is 6.47. The Morgan fingerprint density at radius 1 is 1.03 bits per heavy atom. The lowest BCUT2D eigenvalue weighted by Crippen LogP contribution is -2.29. The third kappa shape index (κ3) is 4.07. The van der Waals surface area contributed by atoms with Gasteiger partial charge in [0, 0.05) is 41.0 Å². The van der Waals surface area contributed by atoms with Crippen LogP contribution in [0.1, 0.15) is 35.2 Å². The fourth-order valence-corrected chi connectivity index (χ4v) is 5.10. The number of rotatable bonds is 5. The Bertz CT molecular complexity index is 1600. The van der Waals surface area contributed by atoms with Crippen LogP contribution >= 0.6 is 11.6 Å². The first kappa shape index (κ1) is 24.7. The van der Waals surface area contributed by atoms with Gasteiger partial charge >= 0.3 is 0 Å². The molecule has 4 aromatic rings. The third-order valence-electron chi connectivity index (χ3n) is 6.94. The fourth-order valence-electron chi connectivity index (χ4n) is 4.93. The molecule has 0 spiro atoms. The van der Waals surface area contributed by atoms with E-state index in [4.69, 9.17) is 16.3 Å². The summed E-state index contributed by atoms with van der Waals surface area (Å²) in [6.45, 7) is 6.17. The van der Waals surface area contributed by atoms with E-state index in [0.717, 1.165) is 27.6 Å². The van der Waals surface area contributed by atoms with Crippen molar-refractivity contribution in [1.82, 2.24) is 4.57 Å². The zero-order chi connectivity index (χ0) is 26.4. The quantitative estimate of drug-likeness (QED) is 0.188. The van der Waals surface area contributed by atoms with Gasteiger partial charge in [0.2, 0.25) is 0 Å². The Labute approximate surface area is 220 Å². The van der Waals surface area contributed by atoms with Crippen LogP contribution < -0.4 is 9.64 Å². The number of hydrogen-bond donors (Lipinski definition) is 1. The van der Waals surface area contributed by atoms with Crippen molar-refractivity contribution in [2.24, 2.45) is 7.05 Å². The molecule has 37 heavy (non-hydrogen) atoms. The summed E-state index contributed by atoms with van der Waals surface area (Å²) in [4.78, 5) is 28.7. The smallest absolute Gasteiger partial charge is 0.300 e. The molecule has 1 aliphatic heterocycles. The Morgan fingerprint density at radius 3 is 2.51 bits per heavy atom. The van der Waals surface area contributed by atoms with Gasteiger partial charge in [-0.25, -0.2) is 0 Å². The summed E-state index contributed by atoms with van der Waals surface area (Å²) in [5.74, 6) is -1.33. The number of anilines is 1. The van der Waals surface area contributed by atoms with Crippen LogP contribution in [0.4, 0.5) is 5.69 Å². The first-order chi connectivity index (χ1) is 17.7. The highest BCUT2D eigenvalue weighted by atomic mass is 35.5. The van der Waals surface area contributed by atoms with Crippen LogP contribution in [-0.4, -0.2) is 28.0 Å². The summed E-state index contributed by atoms with van der Waals surface area (Å²) in [5.41, 5.74) is 4.72. The number of aromatic nitrogens is 1. The Kier molecular flexibility index (Phi) is 6.30. The summed E-state index contributed by atoms with van der Waals surface area (Å²) in [5, 5.41) is 12.8. The van der Waals surface area contributed by atoms with Crippen LogP contribution in [-0.2, 0) is 16.6 Å². The van der Waals surface area contributed by atoms with Crippen LogP contribution in [0.5, 0.6) is 5.75 Å². The molecule has 1 atom stereocenters. The molecule has 2 heterocycles. The van der Waals surface area contributed by atoms with Gasteiger partial charge in [-0.15, -0.1) is 0 Å². The highest BCUT2D eigenvalue weighted by Gasteiger charge is 2.48. The maximum atomic E-state index is 13.6. The highest BCUT2D eigenvalue weighted by molar-refractivity contribution is 6.52. The molecule has 6 nitrogen and oxygen atoms in total. The van der Waals surface area contributed by atoms with Crippen LogP contribution in [0.2, 0.25) is 5.02 Å². The van der Waals surface area contributed by atoms with Crippen molar-refractivity contribution in [3.05, 3.63) is 99.7 Å². The van der Waals surface area contributed by atoms with E-state index >= 15 is 0 Å². The van der Waals surface area contributed by atoms with E-state index in [1.807, 2.05) is 81.0 Å². The number of nitrogens with zero attached hydrogens (tertiary/aromatic N) is 2. The first-order valence-electron chi connectivity index (χ1n) is 12.1. The minimum Gasteiger partial charge on any atom is -0.507 e. The number of hydrogen-bond acceptors (Lipinski definition) is 4. The molecular weight excluding hydrogens is 488 g/mol. The molecule has 188 valence electrons. The lowest BCUT2D eigenvalue weighted by molar-refractivity contribution is -0.132. The molecule has 1 aromatic heterocycles. The predicted molar refractivity (Wildman–Crippen MR) is 146 cm³/mol. The van der Waals surface area contributed by atoms with Gasteiger partial charge in [-0.05, 0) is 68.3 Å². The molecule has 0 saturated carbocycles. The normalized spacial score (nSPS) is 17.1. The second-order valence-corrected chi connectivity index (χ2v) is 9.64. The number of aliphatic hydroxyl groups excluding tert-OH is 1. The largest absolute Gasteiger partial charge is 0.507 e. The maximum Gasteiger partial charge on any atom is 0.300 e. The SMILES string of the molecule is CCOc1cc(/C(O)=C2\C(=O)C(=O)N(c3ccc(C)c(C)c3)C2c2cn(C)c3ccccc23)ccc1Cl. The molecule has 1 unspecified atom stereocenters. The van der Waals surface area contributed by atoms with Gasteiger partial charge in [0.15, 0.2) is 0 Å². The molecule has 0 aliphatic carbocycles. The zero-order valence-electron chi connectivity index (χ0n) is 21.1. The van der Waals surface area contributed by atoms with Crippen LogP contribution in [0.15, 0.2) is 72.4 Å².